The third-order valence-electron chi connectivity index (χ3n) is 3.76. The van der Waals surface area contributed by atoms with Crippen molar-refractivity contribution in [3.63, 3.8) is 0 Å². The Kier molecular flexibility index (Phi) is 5.00. The zero-order valence-electron chi connectivity index (χ0n) is 10.4. The molecule has 1 saturated carbocycles. The molecule has 16 heavy (non-hydrogen) atoms. The van der Waals surface area contributed by atoms with E-state index in [9.17, 15) is 4.79 Å². The number of rotatable bonds is 5. The van der Waals surface area contributed by atoms with Gasteiger partial charge in [0.25, 0.3) is 0 Å². The van der Waals surface area contributed by atoms with Crippen LogP contribution in [0.25, 0.3) is 0 Å². The van der Waals surface area contributed by atoms with Gasteiger partial charge < -0.3 is 5.11 Å². The second kappa shape index (κ2) is 6.04. The quantitative estimate of drug-likeness (QED) is 0.731. The summed E-state index contributed by atoms with van der Waals surface area (Å²) in [4.78, 5) is 12.8. The number of aliphatic carboxylic acids is 1. The number of hydrogen-bond acceptors (Lipinski definition) is 2. The molecule has 0 aromatic heterocycles. The van der Waals surface area contributed by atoms with E-state index < -0.39 is 5.97 Å². The zero-order valence-corrected chi connectivity index (χ0v) is 10.4. The third-order valence-corrected chi connectivity index (χ3v) is 3.76. The summed E-state index contributed by atoms with van der Waals surface area (Å²) in [5.41, 5.74) is 0.292. The fourth-order valence-corrected chi connectivity index (χ4v) is 2.49. The molecule has 0 heterocycles. The van der Waals surface area contributed by atoms with Crippen LogP contribution in [0.3, 0.4) is 0 Å². The molecule has 0 unspecified atom stereocenters. The van der Waals surface area contributed by atoms with E-state index in [1.807, 2.05) is 7.05 Å². The van der Waals surface area contributed by atoms with Crippen LogP contribution in [0.5, 0.6) is 0 Å². The lowest BCUT2D eigenvalue weighted by atomic mass is 9.84. The predicted octanol–water partition coefficient (Wildman–Crippen LogP) is 2.53. The van der Waals surface area contributed by atoms with E-state index in [2.05, 4.69) is 18.4 Å². The molecule has 1 aliphatic carbocycles. The van der Waals surface area contributed by atoms with E-state index in [1.54, 1.807) is 0 Å². The van der Waals surface area contributed by atoms with E-state index in [0.717, 1.165) is 5.92 Å². The lowest BCUT2D eigenvalue weighted by Gasteiger charge is -2.34. The lowest BCUT2D eigenvalue weighted by molar-refractivity contribution is -0.132. The number of hydrogen-bond donors (Lipinski definition) is 1. The van der Waals surface area contributed by atoms with Crippen molar-refractivity contribution in [3.05, 3.63) is 12.2 Å². The first kappa shape index (κ1) is 13.2. The summed E-state index contributed by atoms with van der Waals surface area (Å²) in [5, 5.41) is 8.78. The molecule has 0 aromatic carbocycles. The van der Waals surface area contributed by atoms with Crippen LogP contribution in [-0.4, -0.2) is 35.6 Å². The van der Waals surface area contributed by atoms with Crippen molar-refractivity contribution in [1.29, 1.82) is 0 Å². The van der Waals surface area contributed by atoms with Gasteiger partial charge in [-0.1, -0.05) is 19.9 Å². The van der Waals surface area contributed by atoms with Crippen LogP contribution in [-0.2, 0) is 4.79 Å². The predicted molar refractivity (Wildman–Crippen MR) is 65.4 cm³/mol. The monoisotopic (exact) mass is 225 g/mol. The third kappa shape index (κ3) is 3.63. The van der Waals surface area contributed by atoms with Gasteiger partial charge in [-0.25, -0.2) is 4.79 Å². The molecule has 3 heteroatoms. The minimum Gasteiger partial charge on any atom is -0.478 e. The highest BCUT2D eigenvalue weighted by molar-refractivity contribution is 5.86. The summed E-state index contributed by atoms with van der Waals surface area (Å²) in [6, 6.07) is 0.541. The van der Waals surface area contributed by atoms with Crippen molar-refractivity contribution < 1.29 is 9.90 Å². The molecule has 0 radical (unpaired) electrons. The molecule has 3 nitrogen and oxygen atoms in total. The summed E-state index contributed by atoms with van der Waals surface area (Å²) < 4.78 is 0. The Labute approximate surface area is 98.1 Å². The molecule has 0 aromatic rings. The first-order chi connectivity index (χ1) is 7.54. The van der Waals surface area contributed by atoms with Crippen LogP contribution in [0.2, 0.25) is 0 Å². The van der Waals surface area contributed by atoms with E-state index in [0.29, 0.717) is 18.2 Å². The molecule has 0 aliphatic heterocycles. The summed E-state index contributed by atoms with van der Waals surface area (Å²) in [6.45, 7) is 6.31. The van der Waals surface area contributed by atoms with Gasteiger partial charge in [0.1, 0.15) is 0 Å². The largest absolute Gasteiger partial charge is 0.478 e. The first-order valence-corrected chi connectivity index (χ1v) is 6.15. The highest BCUT2D eigenvalue weighted by Gasteiger charge is 2.23. The van der Waals surface area contributed by atoms with Crippen LogP contribution >= 0.6 is 0 Å². The minimum absolute atomic E-state index is 0.292. The van der Waals surface area contributed by atoms with Crippen LogP contribution in [0.4, 0.5) is 0 Å². The van der Waals surface area contributed by atoms with Gasteiger partial charge in [0.15, 0.2) is 0 Å². The summed E-state index contributed by atoms with van der Waals surface area (Å²) in [6.07, 6.45) is 6.23. The topological polar surface area (TPSA) is 40.5 Å². The molecule has 0 atom stereocenters. The molecule has 1 aliphatic rings. The number of carboxylic acid groups (broad SMARTS) is 1. The standard InChI is InChI=1S/C13H23NO2/c1-4-11-5-7-12(8-6-11)14(3)9-10(2)13(15)16/h11-12H,2,4-9H2,1,3H3,(H,15,16). The van der Waals surface area contributed by atoms with Gasteiger partial charge in [0, 0.05) is 18.2 Å². The van der Waals surface area contributed by atoms with Gasteiger partial charge in [-0.2, -0.15) is 0 Å². The Hall–Kier alpha value is -0.830. The normalized spacial score (nSPS) is 25.7. The SMILES string of the molecule is C=C(CN(C)C1CCC(CC)CC1)C(=O)O. The van der Waals surface area contributed by atoms with E-state index in [4.69, 9.17) is 5.11 Å². The summed E-state index contributed by atoms with van der Waals surface area (Å²) in [7, 11) is 2.01. The van der Waals surface area contributed by atoms with Crippen molar-refractivity contribution in [2.45, 2.75) is 45.1 Å². The molecular weight excluding hydrogens is 202 g/mol. The summed E-state index contributed by atoms with van der Waals surface area (Å²) >= 11 is 0. The molecule has 1 fully saturated rings. The first-order valence-electron chi connectivity index (χ1n) is 6.15. The molecule has 1 N–H and O–H groups in total. The fourth-order valence-electron chi connectivity index (χ4n) is 2.49. The minimum atomic E-state index is -0.880. The number of carbonyl (C=O) groups is 1. The Morgan fingerprint density at radius 1 is 1.38 bits per heavy atom. The van der Waals surface area contributed by atoms with Crippen LogP contribution in [0.15, 0.2) is 12.2 Å². The second-order valence-corrected chi connectivity index (χ2v) is 4.91. The van der Waals surface area contributed by atoms with Crippen molar-refractivity contribution in [2.75, 3.05) is 13.6 Å². The van der Waals surface area contributed by atoms with Crippen molar-refractivity contribution in [1.82, 2.24) is 4.90 Å². The number of nitrogens with zero attached hydrogens (tertiary/aromatic N) is 1. The highest BCUT2D eigenvalue weighted by atomic mass is 16.4. The summed E-state index contributed by atoms with van der Waals surface area (Å²) in [5.74, 6) is 0.00131. The van der Waals surface area contributed by atoms with Crippen LogP contribution in [0, 0.1) is 5.92 Å². The zero-order chi connectivity index (χ0) is 12.1. The smallest absolute Gasteiger partial charge is 0.332 e. The highest BCUT2D eigenvalue weighted by Crippen LogP contribution is 2.29. The lowest BCUT2D eigenvalue weighted by Crippen LogP contribution is -2.37. The molecule has 0 spiro atoms. The van der Waals surface area contributed by atoms with Gasteiger partial charge >= 0.3 is 5.97 Å². The van der Waals surface area contributed by atoms with E-state index in [-0.39, 0.29) is 0 Å². The Morgan fingerprint density at radius 3 is 2.38 bits per heavy atom. The molecule has 0 bridgehead atoms. The van der Waals surface area contributed by atoms with Crippen molar-refractivity contribution in [2.24, 2.45) is 5.92 Å². The molecule has 0 saturated heterocycles. The maximum atomic E-state index is 10.7. The van der Waals surface area contributed by atoms with Gasteiger partial charge in [0.05, 0.1) is 0 Å². The molecule has 92 valence electrons. The maximum absolute atomic E-state index is 10.7. The number of carboxylic acids is 1. The molecular formula is C13H23NO2. The fraction of sp³-hybridized carbons (Fsp3) is 0.769. The van der Waals surface area contributed by atoms with Crippen molar-refractivity contribution >= 4 is 5.97 Å². The van der Waals surface area contributed by atoms with E-state index in [1.165, 1.54) is 32.1 Å². The second-order valence-electron chi connectivity index (χ2n) is 4.91. The van der Waals surface area contributed by atoms with E-state index >= 15 is 0 Å². The Balaban J connectivity index is 2.35. The van der Waals surface area contributed by atoms with Crippen LogP contribution in [0.1, 0.15) is 39.0 Å². The maximum Gasteiger partial charge on any atom is 0.332 e. The van der Waals surface area contributed by atoms with Gasteiger partial charge in [-0.15, -0.1) is 0 Å². The number of likely N-dealkylation sites (N-methyl/N-ethyl adjacent to an activating group) is 1. The van der Waals surface area contributed by atoms with Crippen LogP contribution < -0.4 is 0 Å². The Morgan fingerprint density at radius 2 is 1.94 bits per heavy atom. The average molecular weight is 225 g/mol. The van der Waals surface area contributed by atoms with Gasteiger partial charge in [-0.3, -0.25) is 4.90 Å². The molecule has 0 amide bonds. The Bertz CT molecular complexity index is 255. The molecule has 1 rings (SSSR count). The average Bonchev–Trinajstić information content (AvgIpc) is 2.28. The van der Waals surface area contributed by atoms with Gasteiger partial charge in [-0.05, 0) is 38.6 Å². The van der Waals surface area contributed by atoms with Gasteiger partial charge in [0.2, 0.25) is 0 Å². The van der Waals surface area contributed by atoms with Crippen molar-refractivity contribution in [3.8, 4) is 0 Å².